The number of hydrogen-bond acceptors (Lipinski definition) is 7. The average Bonchev–Trinajstić information content (AvgIpc) is 3.13. The van der Waals surface area contributed by atoms with Crippen LogP contribution in [0.25, 0.3) is 6.08 Å². The molecule has 0 N–H and O–H groups in total. The molecule has 35 heavy (non-hydrogen) atoms. The van der Waals surface area contributed by atoms with Gasteiger partial charge in [0.2, 0.25) is 0 Å². The van der Waals surface area contributed by atoms with E-state index in [9.17, 15) is 9.59 Å². The molecular formula is C26H25BrN2O5S. The lowest BCUT2D eigenvalue weighted by molar-refractivity contribution is -0.139. The number of benzene rings is 2. The molecule has 0 aliphatic carbocycles. The third-order valence-corrected chi connectivity index (χ3v) is 7.11. The van der Waals surface area contributed by atoms with Gasteiger partial charge in [0.15, 0.2) is 4.80 Å². The Morgan fingerprint density at radius 3 is 2.63 bits per heavy atom. The molecule has 7 nitrogen and oxygen atoms in total. The maximum Gasteiger partial charge on any atom is 0.338 e. The minimum absolute atomic E-state index is 0.214. The lowest BCUT2D eigenvalue weighted by Gasteiger charge is -2.26. The first-order valence-electron chi connectivity index (χ1n) is 11.1. The smallest absolute Gasteiger partial charge is 0.338 e. The zero-order chi connectivity index (χ0) is 25.1. The van der Waals surface area contributed by atoms with Gasteiger partial charge in [-0.25, -0.2) is 9.79 Å². The Morgan fingerprint density at radius 2 is 1.94 bits per heavy atom. The third-order valence-electron chi connectivity index (χ3n) is 5.50. The van der Waals surface area contributed by atoms with Crippen molar-refractivity contribution < 1.29 is 19.0 Å². The topological polar surface area (TPSA) is 79.1 Å². The predicted molar refractivity (Wildman–Crippen MR) is 139 cm³/mol. The molecule has 0 amide bonds. The van der Waals surface area contributed by atoms with E-state index in [0.717, 1.165) is 10.0 Å². The third kappa shape index (κ3) is 4.83. The number of allylic oxidation sites excluding steroid dienone is 1. The van der Waals surface area contributed by atoms with Crippen molar-refractivity contribution in [3.63, 3.8) is 0 Å². The fourth-order valence-electron chi connectivity index (χ4n) is 4.00. The second-order valence-corrected chi connectivity index (χ2v) is 9.53. The summed E-state index contributed by atoms with van der Waals surface area (Å²) >= 11 is 4.77. The molecule has 2 aromatic carbocycles. The standard InChI is InChI=1S/C26H25BrN2O5S/c1-5-33-19-10-8-7-9-17(19)23-22(25(31)34-6-2)15(3)28-26-29(23)24(30)21(35-26)14-16-11-12-20(32-4)18(27)13-16/h7-14,23H,5-6H2,1-4H3/b21-14-/t23-/m0/s1. The molecule has 0 unspecified atom stereocenters. The van der Waals surface area contributed by atoms with Gasteiger partial charge in [-0.3, -0.25) is 9.36 Å². The Balaban J connectivity index is 1.96. The molecule has 1 atom stereocenters. The number of rotatable bonds is 7. The molecular weight excluding hydrogens is 532 g/mol. The molecule has 2 heterocycles. The van der Waals surface area contributed by atoms with Gasteiger partial charge < -0.3 is 14.2 Å². The van der Waals surface area contributed by atoms with Crippen LogP contribution in [0.1, 0.15) is 37.9 Å². The Labute approximate surface area is 215 Å². The van der Waals surface area contributed by atoms with Gasteiger partial charge in [0.25, 0.3) is 5.56 Å². The van der Waals surface area contributed by atoms with Crippen LogP contribution in [-0.2, 0) is 9.53 Å². The zero-order valence-corrected chi connectivity index (χ0v) is 22.2. The molecule has 0 bridgehead atoms. The van der Waals surface area contributed by atoms with Crippen molar-refractivity contribution >= 4 is 39.3 Å². The molecule has 0 saturated heterocycles. The average molecular weight is 557 g/mol. The van der Waals surface area contributed by atoms with E-state index >= 15 is 0 Å². The fourth-order valence-corrected chi connectivity index (χ4v) is 5.61. The summed E-state index contributed by atoms with van der Waals surface area (Å²) in [5.74, 6) is 0.800. The van der Waals surface area contributed by atoms with Gasteiger partial charge in [-0.15, -0.1) is 0 Å². The van der Waals surface area contributed by atoms with Crippen molar-refractivity contribution in [3.8, 4) is 11.5 Å². The highest BCUT2D eigenvalue weighted by Crippen LogP contribution is 2.35. The minimum atomic E-state index is -0.724. The summed E-state index contributed by atoms with van der Waals surface area (Å²) in [7, 11) is 1.60. The largest absolute Gasteiger partial charge is 0.496 e. The van der Waals surface area contributed by atoms with Crippen molar-refractivity contribution in [2.24, 2.45) is 4.99 Å². The highest BCUT2D eigenvalue weighted by molar-refractivity contribution is 9.10. The Morgan fingerprint density at radius 1 is 1.17 bits per heavy atom. The Bertz CT molecular complexity index is 1490. The summed E-state index contributed by atoms with van der Waals surface area (Å²) in [6, 6.07) is 12.3. The predicted octanol–water partition coefficient (Wildman–Crippen LogP) is 3.97. The summed E-state index contributed by atoms with van der Waals surface area (Å²) in [6.45, 7) is 6.07. The Kier molecular flexibility index (Phi) is 7.57. The first kappa shape index (κ1) is 24.9. The summed E-state index contributed by atoms with van der Waals surface area (Å²) in [4.78, 5) is 31.9. The Hall–Kier alpha value is -3.17. The van der Waals surface area contributed by atoms with Crippen LogP contribution in [0.3, 0.4) is 0 Å². The molecule has 0 spiro atoms. The molecule has 1 aliphatic heterocycles. The summed E-state index contributed by atoms with van der Waals surface area (Å²) in [5, 5.41) is 0. The van der Waals surface area contributed by atoms with Crippen LogP contribution < -0.4 is 24.4 Å². The highest BCUT2D eigenvalue weighted by Gasteiger charge is 2.35. The molecule has 9 heteroatoms. The van der Waals surface area contributed by atoms with Crippen molar-refractivity contribution in [2.75, 3.05) is 20.3 Å². The summed E-state index contributed by atoms with van der Waals surface area (Å²) < 4.78 is 19.4. The lowest BCUT2D eigenvalue weighted by Crippen LogP contribution is -2.40. The van der Waals surface area contributed by atoms with Crippen LogP contribution in [0.4, 0.5) is 0 Å². The number of para-hydroxylation sites is 1. The SMILES string of the molecule is CCOC(=O)C1=C(C)N=c2s/c(=C\c3ccc(OC)c(Br)c3)c(=O)n2[C@H]1c1ccccc1OCC. The highest BCUT2D eigenvalue weighted by atomic mass is 79.9. The van der Waals surface area contributed by atoms with E-state index in [1.165, 1.54) is 11.3 Å². The van der Waals surface area contributed by atoms with E-state index in [4.69, 9.17) is 14.2 Å². The first-order chi connectivity index (χ1) is 16.9. The lowest BCUT2D eigenvalue weighted by atomic mass is 9.95. The van der Waals surface area contributed by atoms with E-state index in [-0.39, 0.29) is 12.2 Å². The van der Waals surface area contributed by atoms with Crippen LogP contribution in [0.5, 0.6) is 11.5 Å². The number of esters is 1. The molecule has 0 saturated carbocycles. The number of aromatic nitrogens is 1. The molecule has 182 valence electrons. The van der Waals surface area contributed by atoms with E-state index in [1.807, 2.05) is 55.5 Å². The van der Waals surface area contributed by atoms with E-state index in [1.54, 1.807) is 25.5 Å². The van der Waals surface area contributed by atoms with Crippen LogP contribution >= 0.6 is 27.3 Å². The maximum absolute atomic E-state index is 13.7. The van der Waals surface area contributed by atoms with Gasteiger partial charge in [-0.05, 0) is 66.5 Å². The number of nitrogens with zero attached hydrogens (tertiary/aromatic N) is 2. The van der Waals surface area contributed by atoms with Crippen LogP contribution in [0, 0.1) is 0 Å². The van der Waals surface area contributed by atoms with E-state index in [2.05, 4.69) is 20.9 Å². The van der Waals surface area contributed by atoms with Gasteiger partial charge in [0.1, 0.15) is 17.5 Å². The first-order valence-corrected chi connectivity index (χ1v) is 12.7. The van der Waals surface area contributed by atoms with Gasteiger partial charge in [-0.2, -0.15) is 0 Å². The van der Waals surface area contributed by atoms with Crippen molar-refractivity contribution in [1.82, 2.24) is 4.57 Å². The zero-order valence-electron chi connectivity index (χ0n) is 19.8. The van der Waals surface area contributed by atoms with Crippen LogP contribution in [-0.4, -0.2) is 30.9 Å². The van der Waals surface area contributed by atoms with Crippen molar-refractivity contribution in [2.45, 2.75) is 26.8 Å². The minimum Gasteiger partial charge on any atom is -0.496 e. The number of carbonyl (C=O) groups is 1. The van der Waals surface area contributed by atoms with Gasteiger partial charge in [0, 0.05) is 5.56 Å². The number of thiazole rings is 1. The molecule has 1 aromatic heterocycles. The number of fused-ring (bicyclic) bond motifs is 1. The number of methoxy groups -OCH3 is 1. The molecule has 1 aliphatic rings. The number of hydrogen-bond donors (Lipinski definition) is 0. The normalized spacial score (nSPS) is 15.5. The second-order valence-electron chi connectivity index (χ2n) is 7.67. The van der Waals surface area contributed by atoms with Crippen LogP contribution in [0.15, 0.2) is 68.0 Å². The van der Waals surface area contributed by atoms with Crippen molar-refractivity contribution in [1.29, 1.82) is 0 Å². The number of halogens is 1. The van der Waals surface area contributed by atoms with E-state index in [0.29, 0.717) is 44.3 Å². The van der Waals surface area contributed by atoms with Gasteiger partial charge >= 0.3 is 5.97 Å². The fraction of sp³-hybridized carbons (Fsp3) is 0.269. The van der Waals surface area contributed by atoms with Gasteiger partial charge in [-0.1, -0.05) is 35.6 Å². The number of carbonyl (C=O) groups excluding carboxylic acids is 1. The van der Waals surface area contributed by atoms with E-state index < -0.39 is 12.0 Å². The quantitative estimate of drug-likeness (QED) is 0.411. The van der Waals surface area contributed by atoms with Crippen molar-refractivity contribution in [3.05, 3.63) is 89.0 Å². The number of ether oxygens (including phenoxy) is 3. The second kappa shape index (κ2) is 10.6. The van der Waals surface area contributed by atoms with Gasteiger partial charge in [0.05, 0.1) is 40.6 Å². The summed E-state index contributed by atoms with van der Waals surface area (Å²) in [6.07, 6.45) is 1.81. The monoisotopic (exact) mass is 556 g/mol. The molecule has 0 radical (unpaired) electrons. The maximum atomic E-state index is 13.7. The molecule has 4 rings (SSSR count). The molecule has 3 aromatic rings. The molecule has 0 fully saturated rings. The van der Waals surface area contributed by atoms with Crippen LogP contribution in [0.2, 0.25) is 0 Å². The summed E-state index contributed by atoms with van der Waals surface area (Å²) in [5.41, 5.74) is 2.12.